The van der Waals surface area contributed by atoms with Crippen LogP contribution in [0.3, 0.4) is 0 Å². The maximum atomic E-state index is 11.5. The van der Waals surface area contributed by atoms with Crippen LogP contribution in [0.4, 0.5) is 4.79 Å². The molecular weight excluding hydrogens is 310 g/mol. The molecule has 0 spiro atoms. The molecule has 0 aliphatic carbocycles. The fourth-order valence-corrected chi connectivity index (χ4v) is 1.98. The molecular formula is C15H20ClNO5. The molecule has 2 atom stereocenters. The summed E-state index contributed by atoms with van der Waals surface area (Å²) in [5.74, 6) is 0. The molecule has 1 amide bonds. The summed E-state index contributed by atoms with van der Waals surface area (Å²) in [5, 5.41) is 22.5. The van der Waals surface area contributed by atoms with E-state index < -0.39 is 23.9 Å². The van der Waals surface area contributed by atoms with E-state index in [0.717, 1.165) is 0 Å². The first kappa shape index (κ1) is 18.4. The Bertz CT molecular complexity index is 541. The van der Waals surface area contributed by atoms with Crippen LogP contribution in [0, 0.1) is 0 Å². The molecule has 0 fully saturated rings. The third-order valence-electron chi connectivity index (χ3n) is 2.70. The molecule has 0 saturated heterocycles. The van der Waals surface area contributed by atoms with Crippen molar-refractivity contribution in [3.63, 3.8) is 0 Å². The lowest BCUT2D eigenvalue weighted by Gasteiger charge is -2.22. The van der Waals surface area contributed by atoms with E-state index in [4.69, 9.17) is 16.3 Å². The molecule has 22 heavy (non-hydrogen) atoms. The number of aliphatic hydroxyl groups excluding tert-OH is 2. The number of aliphatic hydroxyl groups is 2. The van der Waals surface area contributed by atoms with Gasteiger partial charge < -0.3 is 20.3 Å². The Balaban J connectivity index is 2.64. The van der Waals surface area contributed by atoms with Crippen molar-refractivity contribution < 1.29 is 24.5 Å². The largest absolute Gasteiger partial charge is 0.444 e. The molecule has 0 aliphatic heterocycles. The smallest absolute Gasteiger partial charge is 0.407 e. The summed E-state index contributed by atoms with van der Waals surface area (Å²) in [6, 6.07) is 4.32. The summed E-state index contributed by atoms with van der Waals surface area (Å²) >= 11 is 5.95. The Morgan fingerprint density at radius 2 is 2.05 bits per heavy atom. The van der Waals surface area contributed by atoms with Gasteiger partial charge >= 0.3 is 6.09 Å². The lowest BCUT2D eigenvalue weighted by molar-refractivity contribution is 0.0130. The average molecular weight is 330 g/mol. The van der Waals surface area contributed by atoms with Crippen LogP contribution >= 0.6 is 11.6 Å². The average Bonchev–Trinajstić information content (AvgIpc) is 2.42. The first-order chi connectivity index (χ1) is 10.1. The van der Waals surface area contributed by atoms with Gasteiger partial charge in [-0.2, -0.15) is 0 Å². The third-order valence-corrected chi connectivity index (χ3v) is 3.03. The molecule has 3 N–H and O–H groups in total. The van der Waals surface area contributed by atoms with E-state index in [-0.39, 0.29) is 17.1 Å². The van der Waals surface area contributed by atoms with Gasteiger partial charge in [-0.3, -0.25) is 4.79 Å². The van der Waals surface area contributed by atoms with Crippen molar-refractivity contribution in [2.75, 3.05) is 6.54 Å². The zero-order chi connectivity index (χ0) is 16.9. The van der Waals surface area contributed by atoms with Crippen molar-refractivity contribution in [3.8, 4) is 0 Å². The minimum absolute atomic E-state index is 0.161. The molecule has 7 heteroatoms. The fourth-order valence-electron chi connectivity index (χ4n) is 1.68. The fraction of sp³-hybridized carbons (Fsp3) is 0.467. The zero-order valence-electron chi connectivity index (χ0n) is 12.7. The summed E-state index contributed by atoms with van der Waals surface area (Å²) in [6.07, 6.45) is -2.64. The first-order valence-electron chi connectivity index (χ1n) is 6.71. The molecule has 2 unspecified atom stereocenters. The number of alkyl carbamates (subject to hydrolysis) is 1. The van der Waals surface area contributed by atoms with Crippen molar-refractivity contribution >= 4 is 24.0 Å². The van der Waals surface area contributed by atoms with Crippen LogP contribution in [0.25, 0.3) is 0 Å². The van der Waals surface area contributed by atoms with Gasteiger partial charge in [-0.25, -0.2) is 4.79 Å². The van der Waals surface area contributed by atoms with Crippen LogP contribution in [0.5, 0.6) is 0 Å². The summed E-state index contributed by atoms with van der Waals surface area (Å²) in [5.41, 5.74) is -0.0187. The summed E-state index contributed by atoms with van der Waals surface area (Å²) < 4.78 is 5.02. The minimum atomic E-state index is -1.30. The highest BCUT2D eigenvalue weighted by atomic mass is 35.5. The Hall–Kier alpha value is -1.63. The monoisotopic (exact) mass is 329 g/mol. The highest BCUT2D eigenvalue weighted by Crippen LogP contribution is 2.26. The molecule has 0 radical (unpaired) electrons. The zero-order valence-corrected chi connectivity index (χ0v) is 13.4. The lowest BCUT2D eigenvalue weighted by Crippen LogP contribution is -2.38. The van der Waals surface area contributed by atoms with Gasteiger partial charge in [-0.15, -0.1) is 0 Å². The molecule has 1 aromatic carbocycles. The number of halogens is 1. The molecule has 1 aromatic rings. The third kappa shape index (κ3) is 5.63. The van der Waals surface area contributed by atoms with Gasteiger partial charge in [-0.05, 0) is 26.8 Å². The number of ether oxygens (including phenoxy) is 1. The Morgan fingerprint density at radius 3 is 2.55 bits per heavy atom. The normalized spacial score (nSPS) is 14.1. The molecule has 0 heterocycles. The molecule has 1 rings (SSSR count). The van der Waals surface area contributed by atoms with Gasteiger partial charge in [0.1, 0.15) is 24.1 Å². The van der Waals surface area contributed by atoms with Gasteiger partial charge in [0.15, 0.2) is 0 Å². The topological polar surface area (TPSA) is 95.9 Å². The molecule has 0 saturated carbocycles. The standard InChI is InChI=1S/C15H20ClNO5/c1-15(2,3)22-14(21)17-7-12(19)13(20)10-5-4-9(8-18)6-11(10)16/h4-6,8,12-13,19-20H,7H2,1-3H3,(H,17,21). The van der Waals surface area contributed by atoms with Crippen molar-refractivity contribution in [3.05, 3.63) is 34.3 Å². The quantitative estimate of drug-likeness (QED) is 0.719. The van der Waals surface area contributed by atoms with Crippen molar-refractivity contribution in [2.45, 2.75) is 38.6 Å². The predicted molar refractivity (Wildman–Crippen MR) is 82.0 cm³/mol. The van der Waals surface area contributed by atoms with E-state index in [0.29, 0.717) is 11.8 Å². The maximum absolute atomic E-state index is 11.5. The number of benzene rings is 1. The SMILES string of the molecule is CC(C)(C)OC(=O)NCC(O)C(O)c1ccc(C=O)cc1Cl. The summed E-state index contributed by atoms with van der Waals surface area (Å²) in [6.45, 7) is 4.94. The van der Waals surface area contributed by atoms with Crippen molar-refractivity contribution in [1.29, 1.82) is 0 Å². The molecule has 0 bridgehead atoms. The van der Waals surface area contributed by atoms with Gasteiger partial charge in [0.25, 0.3) is 0 Å². The molecule has 122 valence electrons. The van der Waals surface area contributed by atoms with Gasteiger partial charge in [0.2, 0.25) is 0 Å². The number of amides is 1. The van der Waals surface area contributed by atoms with Gasteiger partial charge in [0, 0.05) is 22.7 Å². The minimum Gasteiger partial charge on any atom is -0.444 e. The second-order valence-electron chi connectivity index (χ2n) is 5.79. The lowest BCUT2D eigenvalue weighted by atomic mass is 10.0. The van der Waals surface area contributed by atoms with Crippen LogP contribution in [-0.2, 0) is 4.74 Å². The van der Waals surface area contributed by atoms with Crippen LogP contribution in [-0.4, -0.2) is 40.8 Å². The number of nitrogens with one attached hydrogen (secondary N) is 1. The maximum Gasteiger partial charge on any atom is 0.407 e. The van der Waals surface area contributed by atoms with Gasteiger partial charge in [-0.1, -0.05) is 23.7 Å². The van der Waals surface area contributed by atoms with E-state index in [2.05, 4.69) is 5.32 Å². The first-order valence-corrected chi connectivity index (χ1v) is 7.09. The van der Waals surface area contributed by atoms with Crippen molar-refractivity contribution in [2.24, 2.45) is 0 Å². The van der Waals surface area contributed by atoms with Gasteiger partial charge in [0.05, 0.1) is 0 Å². The summed E-state index contributed by atoms with van der Waals surface area (Å²) in [7, 11) is 0. The van der Waals surface area contributed by atoms with Crippen LogP contribution in [0.15, 0.2) is 18.2 Å². The van der Waals surface area contributed by atoms with Crippen LogP contribution in [0.2, 0.25) is 5.02 Å². The second-order valence-corrected chi connectivity index (χ2v) is 6.20. The number of aldehydes is 1. The van der Waals surface area contributed by atoms with Crippen LogP contribution in [0.1, 0.15) is 42.8 Å². The Kier molecular flexibility index (Phi) is 6.34. The van der Waals surface area contributed by atoms with E-state index in [1.165, 1.54) is 18.2 Å². The number of rotatable bonds is 5. The molecule has 0 aromatic heterocycles. The van der Waals surface area contributed by atoms with E-state index in [9.17, 15) is 19.8 Å². The highest BCUT2D eigenvalue weighted by molar-refractivity contribution is 6.31. The van der Waals surface area contributed by atoms with E-state index in [1.54, 1.807) is 20.8 Å². The Morgan fingerprint density at radius 1 is 1.41 bits per heavy atom. The van der Waals surface area contributed by atoms with E-state index >= 15 is 0 Å². The molecule has 6 nitrogen and oxygen atoms in total. The number of carbonyl (C=O) groups is 2. The van der Waals surface area contributed by atoms with Crippen LogP contribution < -0.4 is 5.32 Å². The van der Waals surface area contributed by atoms with E-state index in [1.807, 2.05) is 0 Å². The highest BCUT2D eigenvalue weighted by Gasteiger charge is 2.23. The summed E-state index contributed by atoms with van der Waals surface area (Å²) in [4.78, 5) is 22.1. The van der Waals surface area contributed by atoms with Crippen molar-refractivity contribution in [1.82, 2.24) is 5.32 Å². The predicted octanol–water partition coefficient (Wildman–Crippen LogP) is 2.07. The number of hydrogen-bond donors (Lipinski definition) is 3. The second kappa shape index (κ2) is 7.58. The number of carbonyl (C=O) groups excluding carboxylic acids is 2. The number of hydrogen-bond acceptors (Lipinski definition) is 5. The Labute approximate surface area is 134 Å². The molecule has 0 aliphatic rings.